The SMILES string of the molecule is CCNc1cc(C(F)(F)F)cc(N2CCCC(CO)C2)n1. The predicted octanol–water partition coefficient (Wildman–Crippen LogP) is 2.74. The van der Waals surface area contributed by atoms with Crippen molar-refractivity contribution in [3.05, 3.63) is 17.7 Å². The van der Waals surface area contributed by atoms with Gasteiger partial charge in [-0.2, -0.15) is 13.2 Å². The number of nitrogens with zero attached hydrogens (tertiary/aromatic N) is 2. The van der Waals surface area contributed by atoms with Gasteiger partial charge in [0.25, 0.3) is 0 Å². The highest BCUT2D eigenvalue weighted by Gasteiger charge is 2.32. The van der Waals surface area contributed by atoms with E-state index in [0.717, 1.165) is 25.0 Å². The van der Waals surface area contributed by atoms with Crippen molar-refractivity contribution in [1.82, 2.24) is 4.98 Å². The van der Waals surface area contributed by atoms with Crippen LogP contribution in [0.4, 0.5) is 24.8 Å². The molecule has 0 aromatic carbocycles. The molecule has 7 heteroatoms. The molecule has 1 aliphatic rings. The van der Waals surface area contributed by atoms with Gasteiger partial charge in [-0.05, 0) is 37.8 Å². The molecule has 118 valence electrons. The van der Waals surface area contributed by atoms with E-state index in [-0.39, 0.29) is 18.3 Å². The molecular weight excluding hydrogens is 283 g/mol. The summed E-state index contributed by atoms with van der Waals surface area (Å²) in [6.45, 7) is 3.57. The number of aliphatic hydroxyl groups is 1. The van der Waals surface area contributed by atoms with Gasteiger partial charge in [0.05, 0.1) is 5.56 Å². The molecule has 1 aromatic rings. The molecule has 1 atom stereocenters. The van der Waals surface area contributed by atoms with Crippen LogP contribution in [0.5, 0.6) is 0 Å². The van der Waals surface area contributed by atoms with Gasteiger partial charge in [-0.15, -0.1) is 0 Å². The van der Waals surface area contributed by atoms with Crippen LogP contribution in [0.2, 0.25) is 0 Å². The van der Waals surface area contributed by atoms with Gasteiger partial charge in [0.15, 0.2) is 0 Å². The van der Waals surface area contributed by atoms with E-state index < -0.39 is 11.7 Å². The van der Waals surface area contributed by atoms with E-state index in [4.69, 9.17) is 0 Å². The fourth-order valence-corrected chi connectivity index (χ4v) is 2.54. The Morgan fingerprint density at radius 1 is 1.43 bits per heavy atom. The zero-order chi connectivity index (χ0) is 15.5. The Morgan fingerprint density at radius 2 is 2.19 bits per heavy atom. The number of alkyl halides is 3. The number of halogens is 3. The van der Waals surface area contributed by atoms with Gasteiger partial charge >= 0.3 is 6.18 Å². The molecule has 0 saturated carbocycles. The molecule has 0 spiro atoms. The van der Waals surface area contributed by atoms with Crippen molar-refractivity contribution in [2.24, 2.45) is 5.92 Å². The second-order valence-electron chi connectivity index (χ2n) is 5.26. The lowest BCUT2D eigenvalue weighted by atomic mass is 9.99. The average Bonchev–Trinajstić information content (AvgIpc) is 2.46. The molecule has 1 aromatic heterocycles. The molecule has 1 saturated heterocycles. The standard InChI is InChI=1S/C14H20F3N3O/c1-2-18-12-6-11(14(15,16)17)7-13(19-12)20-5-3-4-10(8-20)9-21/h6-7,10,21H,2-5,8-9H2,1H3,(H,18,19). The first-order valence-corrected chi connectivity index (χ1v) is 7.13. The third kappa shape index (κ3) is 4.00. The lowest BCUT2D eigenvalue weighted by Gasteiger charge is -2.33. The number of aromatic nitrogens is 1. The molecule has 0 amide bonds. The first-order chi connectivity index (χ1) is 9.94. The van der Waals surface area contributed by atoms with Crippen LogP contribution in [0.25, 0.3) is 0 Å². The van der Waals surface area contributed by atoms with Crippen LogP contribution in [0.15, 0.2) is 12.1 Å². The van der Waals surface area contributed by atoms with Crippen molar-refractivity contribution in [1.29, 1.82) is 0 Å². The molecule has 1 unspecified atom stereocenters. The molecular formula is C14H20F3N3O. The summed E-state index contributed by atoms with van der Waals surface area (Å²) in [4.78, 5) is 6.08. The molecule has 2 rings (SSSR count). The van der Waals surface area contributed by atoms with E-state index in [1.807, 2.05) is 11.8 Å². The number of hydrogen-bond donors (Lipinski definition) is 2. The van der Waals surface area contributed by atoms with Crippen molar-refractivity contribution >= 4 is 11.6 Å². The van der Waals surface area contributed by atoms with Crippen molar-refractivity contribution in [3.63, 3.8) is 0 Å². The van der Waals surface area contributed by atoms with Crippen LogP contribution in [0.3, 0.4) is 0 Å². The molecule has 0 aliphatic carbocycles. The topological polar surface area (TPSA) is 48.4 Å². The quantitative estimate of drug-likeness (QED) is 0.898. The van der Waals surface area contributed by atoms with Crippen LogP contribution in [-0.2, 0) is 6.18 Å². The second kappa shape index (κ2) is 6.51. The normalized spacial score (nSPS) is 19.7. The number of piperidine rings is 1. The Kier molecular flexibility index (Phi) is 4.92. The minimum Gasteiger partial charge on any atom is -0.396 e. The third-order valence-electron chi connectivity index (χ3n) is 3.60. The van der Waals surface area contributed by atoms with Gasteiger partial charge in [-0.1, -0.05) is 0 Å². The molecule has 21 heavy (non-hydrogen) atoms. The fourth-order valence-electron chi connectivity index (χ4n) is 2.54. The molecule has 0 radical (unpaired) electrons. The molecule has 0 bridgehead atoms. The van der Waals surface area contributed by atoms with E-state index in [9.17, 15) is 18.3 Å². The Hall–Kier alpha value is -1.50. The Balaban J connectivity index is 2.31. The summed E-state index contributed by atoms with van der Waals surface area (Å²) in [6, 6.07) is 2.11. The maximum Gasteiger partial charge on any atom is 0.416 e. The van der Waals surface area contributed by atoms with Crippen molar-refractivity contribution < 1.29 is 18.3 Å². The third-order valence-corrected chi connectivity index (χ3v) is 3.60. The number of rotatable bonds is 4. The molecule has 4 nitrogen and oxygen atoms in total. The van der Waals surface area contributed by atoms with Gasteiger partial charge in [0.2, 0.25) is 0 Å². The van der Waals surface area contributed by atoms with Crippen LogP contribution in [-0.4, -0.2) is 36.3 Å². The van der Waals surface area contributed by atoms with Crippen LogP contribution < -0.4 is 10.2 Å². The minimum atomic E-state index is -4.39. The number of anilines is 2. The van der Waals surface area contributed by atoms with Crippen molar-refractivity contribution in [2.75, 3.05) is 36.5 Å². The van der Waals surface area contributed by atoms with E-state index in [0.29, 0.717) is 25.5 Å². The van der Waals surface area contributed by atoms with Gasteiger partial charge in [0, 0.05) is 26.2 Å². The number of nitrogens with one attached hydrogen (secondary N) is 1. The summed E-state index contributed by atoms with van der Waals surface area (Å²) in [6.07, 6.45) is -2.65. The average molecular weight is 303 g/mol. The minimum absolute atomic E-state index is 0.0511. The number of aliphatic hydroxyl groups excluding tert-OH is 1. The Labute approximate surface area is 122 Å². The number of hydrogen-bond acceptors (Lipinski definition) is 4. The van der Waals surface area contributed by atoms with E-state index >= 15 is 0 Å². The summed E-state index contributed by atoms with van der Waals surface area (Å²) in [7, 11) is 0. The van der Waals surface area contributed by atoms with Gasteiger partial charge < -0.3 is 15.3 Å². The van der Waals surface area contributed by atoms with Gasteiger partial charge in [0.1, 0.15) is 11.6 Å². The van der Waals surface area contributed by atoms with Gasteiger partial charge in [-0.25, -0.2) is 4.98 Å². The zero-order valence-corrected chi connectivity index (χ0v) is 12.0. The second-order valence-corrected chi connectivity index (χ2v) is 5.26. The highest BCUT2D eigenvalue weighted by molar-refractivity contribution is 5.51. The molecule has 2 heterocycles. The van der Waals surface area contributed by atoms with E-state index in [2.05, 4.69) is 10.3 Å². The summed E-state index contributed by atoms with van der Waals surface area (Å²) < 4.78 is 39.0. The highest BCUT2D eigenvalue weighted by Crippen LogP contribution is 2.33. The first kappa shape index (κ1) is 15.9. The van der Waals surface area contributed by atoms with Crippen LogP contribution in [0.1, 0.15) is 25.3 Å². The van der Waals surface area contributed by atoms with Gasteiger partial charge in [-0.3, -0.25) is 0 Å². The first-order valence-electron chi connectivity index (χ1n) is 7.13. The Morgan fingerprint density at radius 3 is 2.81 bits per heavy atom. The lowest BCUT2D eigenvalue weighted by Crippen LogP contribution is -2.37. The van der Waals surface area contributed by atoms with Crippen LogP contribution >= 0.6 is 0 Å². The zero-order valence-electron chi connectivity index (χ0n) is 12.0. The smallest absolute Gasteiger partial charge is 0.396 e. The predicted molar refractivity (Wildman–Crippen MR) is 75.4 cm³/mol. The Bertz CT molecular complexity index is 479. The molecule has 1 fully saturated rings. The summed E-state index contributed by atoms with van der Waals surface area (Å²) in [5.74, 6) is 0.644. The van der Waals surface area contributed by atoms with Crippen molar-refractivity contribution in [3.8, 4) is 0 Å². The number of pyridine rings is 1. The maximum absolute atomic E-state index is 13.0. The van der Waals surface area contributed by atoms with Crippen molar-refractivity contribution in [2.45, 2.75) is 25.9 Å². The van der Waals surface area contributed by atoms with E-state index in [1.165, 1.54) is 0 Å². The highest BCUT2D eigenvalue weighted by atomic mass is 19.4. The van der Waals surface area contributed by atoms with E-state index in [1.54, 1.807) is 0 Å². The maximum atomic E-state index is 13.0. The van der Waals surface area contributed by atoms with Crippen LogP contribution in [0, 0.1) is 5.92 Å². The molecule has 2 N–H and O–H groups in total. The lowest BCUT2D eigenvalue weighted by molar-refractivity contribution is -0.137. The fraction of sp³-hybridized carbons (Fsp3) is 0.643. The largest absolute Gasteiger partial charge is 0.416 e. The summed E-state index contributed by atoms with van der Waals surface area (Å²) >= 11 is 0. The summed E-state index contributed by atoms with van der Waals surface area (Å²) in [5.41, 5.74) is -0.699. The monoisotopic (exact) mass is 303 g/mol. The molecule has 1 aliphatic heterocycles. The summed E-state index contributed by atoms with van der Waals surface area (Å²) in [5, 5.41) is 12.1.